The molecular weight excluding hydrogens is 739 g/mol. The van der Waals surface area contributed by atoms with E-state index in [2.05, 4.69) is 212 Å². The summed E-state index contributed by atoms with van der Waals surface area (Å²) < 4.78 is 0. The lowest BCUT2D eigenvalue weighted by molar-refractivity contribution is 0.485. The van der Waals surface area contributed by atoms with Gasteiger partial charge in [-0.1, -0.05) is 212 Å². The van der Waals surface area contributed by atoms with Crippen LogP contribution in [-0.2, 0) is 5.41 Å². The fourth-order valence-corrected chi connectivity index (χ4v) is 9.71. The largest absolute Gasteiger partial charge is 0.208 e. The van der Waals surface area contributed by atoms with Crippen molar-refractivity contribution in [2.24, 2.45) is 5.92 Å². The van der Waals surface area contributed by atoms with Crippen molar-refractivity contribution in [2.75, 3.05) is 0 Å². The summed E-state index contributed by atoms with van der Waals surface area (Å²) >= 11 is 0. The van der Waals surface area contributed by atoms with Crippen LogP contribution < -0.4 is 0 Å². The number of rotatable bonds is 8. The summed E-state index contributed by atoms with van der Waals surface area (Å²) in [6.45, 7) is 0. The number of fused-ring (bicyclic) bond motifs is 3. The van der Waals surface area contributed by atoms with Gasteiger partial charge in [0.25, 0.3) is 0 Å². The predicted octanol–water partition coefficient (Wildman–Crippen LogP) is 14.2. The third-order valence-corrected chi connectivity index (χ3v) is 12.4. The summed E-state index contributed by atoms with van der Waals surface area (Å²) in [5, 5.41) is 0. The standard InChI is InChI=1S/C58H41N3/c1-6-19-40(20-7-1)45-37-46(41-21-8-2-9-22-41)39-47(38-45)57-60-55(43-23-10-3-11-24-43)59-56(61-57)44-35-33-42(34-36-44)50-30-18-31-52-51-29-16-17-32-53(51)58(54(50)52,48-25-12-4-13-26-48)49-27-14-5-15-28-49/h1-31,33-39,53H,32H2. The van der Waals surface area contributed by atoms with Gasteiger partial charge >= 0.3 is 0 Å². The molecule has 0 saturated heterocycles. The van der Waals surface area contributed by atoms with Gasteiger partial charge in [-0.05, 0) is 85.8 Å². The molecule has 3 nitrogen and oxygen atoms in total. The second-order valence-electron chi connectivity index (χ2n) is 15.9. The fraction of sp³-hybridized carbons (Fsp3) is 0.0517. The van der Waals surface area contributed by atoms with Crippen LogP contribution in [0.1, 0.15) is 28.7 Å². The Morgan fingerprint density at radius 1 is 0.361 bits per heavy atom. The molecule has 11 rings (SSSR count). The predicted molar refractivity (Wildman–Crippen MR) is 250 cm³/mol. The smallest absolute Gasteiger partial charge is 0.164 e. The quantitative estimate of drug-likeness (QED) is 0.154. The highest BCUT2D eigenvalue weighted by molar-refractivity contribution is 5.90. The summed E-state index contributed by atoms with van der Waals surface area (Å²) in [6, 6.07) is 75.8. The van der Waals surface area contributed by atoms with E-state index in [0.29, 0.717) is 17.5 Å². The molecule has 61 heavy (non-hydrogen) atoms. The Morgan fingerprint density at radius 2 is 0.787 bits per heavy atom. The molecule has 0 radical (unpaired) electrons. The monoisotopic (exact) mass is 779 g/mol. The Bertz CT molecular complexity index is 2970. The number of allylic oxidation sites excluding steroid dienone is 4. The fourth-order valence-electron chi connectivity index (χ4n) is 9.71. The van der Waals surface area contributed by atoms with E-state index >= 15 is 0 Å². The maximum atomic E-state index is 5.24. The minimum atomic E-state index is -0.371. The van der Waals surface area contributed by atoms with Crippen LogP contribution in [-0.4, -0.2) is 15.0 Å². The molecule has 0 N–H and O–H groups in total. The first kappa shape index (κ1) is 36.3. The highest BCUT2D eigenvalue weighted by Gasteiger charge is 2.52. The normalized spacial score (nSPS) is 14.8. The second-order valence-corrected chi connectivity index (χ2v) is 15.9. The molecule has 9 aromatic rings. The lowest BCUT2D eigenvalue weighted by atomic mass is 9.62. The Balaban J connectivity index is 1.07. The molecule has 2 aliphatic rings. The van der Waals surface area contributed by atoms with Gasteiger partial charge in [-0.15, -0.1) is 0 Å². The Labute approximate surface area is 357 Å². The maximum absolute atomic E-state index is 5.24. The summed E-state index contributed by atoms with van der Waals surface area (Å²) in [6.07, 6.45) is 7.88. The molecule has 288 valence electrons. The zero-order valence-electron chi connectivity index (χ0n) is 33.6. The molecule has 2 aliphatic carbocycles. The van der Waals surface area contributed by atoms with Crippen LogP contribution in [0.5, 0.6) is 0 Å². The van der Waals surface area contributed by atoms with Crippen molar-refractivity contribution in [3.8, 4) is 67.5 Å². The molecule has 1 unspecified atom stereocenters. The first-order chi connectivity index (χ1) is 30.2. The van der Waals surface area contributed by atoms with E-state index in [9.17, 15) is 0 Å². The number of hydrogen-bond acceptors (Lipinski definition) is 3. The van der Waals surface area contributed by atoms with E-state index in [1.807, 2.05) is 18.2 Å². The van der Waals surface area contributed by atoms with E-state index in [1.54, 1.807) is 0 Å². The maximum Gasteiger partial charge on any atom is 0.164 e. The lowest BCUT2D eigenvalue weighted by Gasteiger charge is -2.39. The topological polar surface area (TPSA) is 38.7 Å². The molecule has 3 heteroatoms. The van der Waals surface area contributed by atoms with Crippen molar-refractivity contribution >= 4 is 5.57 Å². The molecule has 8 aromatic carbocycles. The Hall–Kier alpha value is -7.75. The molecule has 1 heterocycles. The lowest BCUT2D eigenvalue weighted by Crippen LogP contribution is -2.35. The van der Waals surface area contributed by atoms with E-state index in [0.717, 1.165) is 50.9 Å². The van der Waals surface area contributed by atoms with Crippen LogP contribution in [0.2, 0.25) is 0 Å². The molecule has 0 aliphatic heterocycles. The third kappa shape index (κ3) is 6.43. The van der Waals surface area contributed by atoms with Crippen LogP contribution in [0, 0.1) is 5.92 Å². The van der Waals surface area contributed by atoms with Crippen LogP contribution in [0.3, 0.4) is 0 Å². The zero-order valence-corrected chi connectivity index (χ0v) is 33.6. The average Bonchev–Trinajstić information content (AvgIpc) is 3.66. The first-order valence-corrected chi connectivity index (χ1v) is 21.0. The number of hydrogen-bond donors (Lipinski definition) is 0. The van der Waals surface area contributed by atoms with Gasteiger partial charge in [0.05, 0.1) is 5.41 Å². The van der Waals surface area contributed by atoms with Gasteiger partial charge in [-0.2, -0.15) is 0 Å². The van der Waals surface area contributed by atoms with Crippen molar-refractivity contribution in [1.29, 1.82) is 0 Å². The van der Waals surface area contributed by atoms with Crippen LogP contribution in [0.15, 0.2) is 231 Å². The van der Waals surface area contributed by atoms with Crippen molar-refractivity contribution in [1.82, 2.24) is 15.0 Å². The molecule has 1 aromatic heterocycles. The van der Waals surface area contributed by atoms with Gasteiger partial charge in [0.2, 0.25) is 0 Å². The van der Waals surface area contributed by atoms with Gasteiger partial charge in [0.15, 0.2) is 17.5 Å². The van der Waals surface area contributed by atoms with Gasteiger partial charge in [-0.25, -0.2) is 15.0 Å². The average molecular weight is 780 g/mol. The van der Waals surface area contributed by atoms with E-state index in [1.165, 1.54) is 33.4 Å². The Kier molecular flexibility index (Phi) is 9.20. The van der Waals surface area contributed by atoms with Gasteiger partial charge in [0.1, 0.15) is 0 Å². The van der Waals surface area contributed by atoms with Crippen molar-refractivity contribution in [3.05, 3.63) is 253 Å². The molecule has 1 atom stereocenters. The SMILES string of the molecule is C1=CCC2C(=C1)c1cccc(-c3ccc(-c4nc(-c5ccccc5)nc(-c5cc(-c6ccccc6)cc(-c6ccccc6)c5)n4)cc3)c1C2(c1ccccc1)c1ccccc1. The summed E-state index contributed by atoms with van der Waals surface area (Å²) in [4.78, 5) is 15.5. The second kappa shape index (κ2) is 15.4. The van der Waals surface area contributed by atoms with E-state index < -0.39 is 0 Å². The van der Waals surface area contributed by atoms with E-state index in [4.69, 9.17) is 15.0 Å². The van der Waals surface area contributed by atoms with Crippen molar-refractivity contribution < 1.29 is 0 Å². The van der Waals surface area contributed by atoms with Crippen LogP contribution in [0.4, 0.5) is 0 Å². The van der Waals surface area contributed by atoms with Crippen molar-refractivity contribution in [3.63, 3.8) is 0 Å². The van der Waals surface area contributed by atoms with Gasteiger partial charge < -0.3 is 0 Å². The van der Waals surface area contributed by atoms with Gasteiger partial charge in [-0.3, -0.25) is 0 Å². The number of benzene rings is 8. The summed E-state index contributed by atoms with van der Waals surface area (Å²) in [5.74, 6) is 2.16. The summed E-state index contributed by atoms with van der Waals surface area (Å²) in [5.41, 5.74) is 16.0. The molecule has 0 fully saturated rings. The highest BCUT2D eigenvalue weighted by Crippen LogP contribution is 2.61. The molecule has 0 spiro atoms. The van der Waals surface area contributed by atoms with Crippen LogP contribution in [0.25, 0.3) is 73.1 Å². The van der Waals surface area contributed by atoms with Crippen molar-refractivity contribution in [2.45, 2.75) is 11.8 Å². The molecule has 0 amide bonds. The minimum absolute atomic E-state index is 0.264. The third-order valence-electron chi connectivity index (χ3n) is 12.4. The highest BCUT2D eigenvalue weighted by atomic mass is 15.0. The zero-order chi connectivity index (χ0) is 40.6. The molecule has 0 saturated carbocycles. The Morgan fingerprint density at radius 3 is 1.33 bits per heavy atom. The van der Waals surface area contributed by atoms with Gasteiger partial charge in [0, 0.05) is 22.6 Å². The number of aromatic nitrogens is 3. The minimum Gasteiger partial charge on any atom is -0.208 e. The first-order valence-electron chi connectivity index (χ1n) is 21.0. The van der Waals surface area contributed by atoms with E-state index in [-0.39, 0.29) is 11.3 Å². The van der Waals surface area contributed by atoms with Crippen LogP contribution >= 0.6 is 0 Å². The summed E-state index contributed by atoms with van der Waals surface area (Å²) in [7, 11) is 0. The number of nitrogens with zero attached hydrogens (tertiary/aromatic N) is 3. The molecule has 0 bridgehead atoms. The molecular formula is C58H41N3.